The van der Waals surface area contributed by atoms with Gasteiger partial charge in [0.15, 0.2) is 0 Å². The molecule has 1 fully saturated rings. The summed E-state index contributed by atoms with van der Waals surface area (Å²) in [5, 5.41) is 3.41. The Balaban J connectivity index is 2.03. The summed E-state index contributed by atoms with van der Waals surface area (Å²) in [5.41, 5.74) is 1.27. The second-order valence-electron chi connectivity index (χ2n) is 5.69. The van der Waals surface area contributed by atoms with Crippen LogP contribution < -0.4 is 10.2 Å². The van der Waals surface area contributed by atoms with E-state index < -0.39 is 0 Å². The third-order valence-electron chi connectivity index (χ3n) is 3.39. The van der Waals surface area contributed by atoms with E-state index in [2.05, 4.69) is 35.1 Å². The average molecular weight is 295 g/mol. The molecule has 0 aromatic carbocycles. The molecular weight excluding hydrogens is 270 g/mol. The van der Waals surface area contributed by atoms with Crippen LogP contribution in [0, 0.1) is 0 Å². The van der Waals surface area contributed by atoms with Gasteiger partial charge in [-0.15, -0.1) is 0 Å². The van der Waals surface area contributed by atoms with Crippen LogP contribution in [0.2, 0.25) is 0 Å². The highest BCUT2D eigenvalue weighted by Gasteiger charge is 2.28. The van der Waals surface area contributed by atoms with Crippen LogP contribution in [0.4, 0.5) is 5.82 Å². The van der Waals surface area contributed by atoms with Crippen LogP contribution in [0.25, 0.3) is 0 Å². The van der Waals surface area contributed by atoms with Gasteiger partial charge in [0.05, 0.1) is 6.61 Å². The van der Waals surface area contributed by atoms with Crippen molar-refractivity contribution in [1.29, 1.82) is 0 Å². The third-order valence-corrected chi connectivity index (χ3v) is 4.69. The SMILES string of the molecule is COCCNCc1cccnc1N1CCSC(C)(C)C1. The molecule has 0 radical (unpaired) electrons. The predicted molar refractivity (Wildman–Crippen MR) is 86.6 cm³/mol. The zero-order chi connectivity index (χ0) is 14.4. The Morgan fingerprint density at radius 3 is 3.10 bits per heavy atom. The minimum Gasteiger partial charge on any atom is -0.383 e. The van der Waals surface area contributed by atoms with Gasteiger partial charge in [-0.3, -0.25) is 0 Å². The minimum atomic E-state index is 0.302. The van der Waals surface area contributed by atoms with Gasteiger partial charge < -0.3 is 15.0 Å². The molecular formula is C15H25N3OS. The molecule has 1 aliphatic heterocycles. The van der Waals surface area contributed by atoms with Crippen LogP contribution in [-0.2, 0) is 11.3 Å². The Labute approximate surface area is 126 Å². The van der Waals surface area contributed by atoms with Crippen molar-refractivity contribution in [2.45, 2.75) is 25.1 Å². The van der Waals surface area contributed by atoms with E-state index >= 15 is 0 Å². The smallest absolute Gasteiger partial charge is 0.133 e. The molecule has 1 N–H and O–H groups in total. The van der Waals surface area contributed by atoms with Crippen LogP contribution in [0.15, 0.2) is 18.3 Å². The second kappa shape index (κ2) is 7.29. The zero-order valence-electron chi connectivity index (χ0n) is 12.7. The first-order valence-corrected chi connectivity index (χ1v) is 8.13. The maximum atomic E-state index is 5.06. The number of thioether (sulfide) groups is 1. The van der Waals surface area contributed by atoms with E-state index in [0.29, 0.717) is 4.75 Å². The van der Waals surface area contributed by atoms with Crippen LogP contribution in [0.3, 0.4) is 0 Å². The van der Waals surface area contributed by atoms with E-state index in [0.717, 1.165) is 38.6 Å². The van der Waals surface area contributed by atoms with Crippen molar-refractivity contribution in [3.05, 3.63) is 23.9 Å². The number of anilines is 1. The van der Waals surface area contributed by atoms with Crippen molar-refractivity contribution in [2.75, 3.05) is 44.0 Å². The second-order valence-corrected chi connectivity index (χ2v) is 7.49. The lowest BCUT2D eigenvalue weighted by Crippen LogP contribution is -2.44. The van der Waals surface area contributed by atoms with Crippen LogP contribution in [-0.4, -0.2) is 48.8 Å². The maximum absolute atomic E-state index is 5.06. The van der Waals surface area contributed by atoms with E-state index in [1.54, 1.807) is 7.11 Å². The fourth-order valence-corrected chi connectivity index (χ4v) is 3.56. The molecule has 2 heterocycles. The summed E-state index contributed by atoms with van der Waals surface area (Å²) in [6.45, 7) is 9.20. The summed E-state index contributed by atoms with van der Waals surface area (Å²) in [4.78, 5) is 7.03. The van der Waals surface area contributed by atoms with Crippen molar-refractivity contribution in [1.82, 2.24) is 10.3 Å². The van der Waals surface area contributed by atoms with Gasteiger partial charge in [0, 0.05) is 55.5 Å². The number of pyridine rings is 1. The quantitative estimate of drug-likeness (QED) is 0.814. The highest BCUT2D eigenvalue weighted by molar-refractivity contribution is 8.00. The zero-order valence-corrected chi connectivity index (χ0v) is 13.5. The Morgan fingerprint density at radius 1 is 1.50 bits per heavy atom. The molecule has 0 aliphatic carbocycles. The molecule has 0 atom stereocenters. The Hall–Kier alpha value is -0.780. The van der Waals surface area contributed by atoms with Crippen molar-refractivity contribution >= 4 is 17.6 Å². The predicted octanol–water partition coefficient (Wildman–Crippen LogP) is 2.15. The van der Waals surface area contributed by atoms with Gasteiger partial charge >= 0.3 is 0 Å². The van der Waals surface area contributed by atoms with E-state index in [9.17, 15) is 0 Å². The highest BCUT2D eigenvalue weighted by atomic mass is 32.2. The summed E-state index contributed by atoms with van der Waals surface area (Å²) in [5.74, 6) is 2.30. The van der Waals surface area contributed by atoms with Gasteiger partial charge in [0.1, 0.15) is 5.82 Å². The van der Waals surface area contributed by atoms with Crippen molar-refractivity contribution < 1.29 is 4.74 Å². The third kappa shape index (κ3) is 4.36. The number of nitrogens with zero attached hydrogens (tertiary/aromatic N) is 2. The molecule has 20 heavy (non-hydrogen) atoms. The number of methoxy groups -OCH3 is 1. The van der Waals surface area contributed by atoms with Crippen LogP contribution in [0.5, 0.6) is 0 Å². The molecule has 2 rings (SSSR count). The maximum Gasteiger partial charge on any atom is 0.133 e. The van der Waals surface area contributed by atoms with E-state index in [1.807, 2.05) is 24.0 Å². The minimum absolute atomic E-state index is 0.302. The fourth-order valence-electron chi connectivity index (χ4n) is 2.45. The number of ether oxygens (including phenoxy) is 1. The number of hydrogen-bond acceptors (Lipinski definition) is 5. The van der Waals surface area contributed by atoms with Gasteiger partial charge in [-0.2, -0.15) is 11.8 Å². The first-order chi connectivity index (χ1) is 9.62. The van der Waals surface area contributed by atoms with Gasteiger partial charge in [0.2, 0.25) is 0 Å². The van der Waals surface area contributed by atoms with Gasteiger partial charge in [0.25, 0.3) is 0 Å². The van der Waals surface area contributed by atoms with Gasteiger partial charge in [-0.1, -0.05) is 6.07 Å². The van der Waals surface area contributed by atoms with Crippen LogP contribution >= 0.6 is 11.8 Å². The molecule has 1 aromatic rings. The lowest BCUT2D eigenvalue weighted by molar-refractivity contribution is 0.199. The van der Waals surface area contributed by atoms with Crippen LogP contribution in [0.1, 0.15) is 19.4 Å². The van der Waals surface area contributed by atoms with E-state index in [4.69, 9.17) is 4.74 Å². The van der Waals surface area contributed by atoms with E-state index in [1.165, 1.54) is 11.3 Å². The molecule has 5 heteroatoms. The van der Waals surface area contributed by atoms with Gasteiger partial charge in [-0.05, 0) is 19.9 Å². The molecule has 1 aromatic heterocycles. The lowest BCUT2D eigenvalue weighted by Gasteiger charge is -2.39. The number of aromatic nitrogens is 1. The molecule has 112 valence electrons. The first-order valence-electron chi connectivity index (χ1n) is 7.15. The number of nitrogens with one attached hydrogen (secondary N) is 1. The van der Waals surface area contributed by atoms with Crippen molar-refractivity contribution in [2.24, 2.45) is 0 Å². The molecule has 1 saturated heterocycles. The van der Waals surface area contributed by atoms with Gasteiger partial charge in [-0.25, -0.2) is 4.98 Å². The standard InChI is InChI=1S/C15H25N3OS/c1-15(2)12-18(8-10-20-15)14-13(5-4-6-17-14)11-16-7-9-19-3/h4-6,16H,7-12H2,1-3H3. The molecule has 0 unspecified atom stereocenters. The number of hydrogen-bond donors (Lipinski definition) is 1. The van der Waals surface area contributed by atoms with E-state index in [-0.39, 0.29) is 0 Å². The first kappa shape index (κ1) is 15.6. The van der Waals surface area contributed by atoms with Crippen molar-refractivity contribution in [3.8, 4) is 0 Å². The summed E-state index contributed by atoms with van der Waals surface area (Å²) < 4.78 is 5.36. The topological polar surface area (TPSA) is 37.4 Å². The monoisotopic (exact) mass is 295 g/mol. The fraction of sp³-hybridized carbons (Fsp3) is 0.667. The molecule has 4 nitrogen and oxygen atoms in total. The molecule has 0 amide bonds. The molecule has 0 bridgehead atoms. The largest absolute Gasteiger partial charge is 0.383 e. The Morgan fingerprint density at radius 2 is 2.35 bits per heavy atom. The Bertz CT molecular complexity index is 425. The summed E-state index contributed by atoms with van der Waals surface area (Å²) >= 11 is 2.05. The summed E-state index contributed by atoms with van der Waals surface area (Å²) in [7, 11) is 1.73. The Kier molecular flexibility index (Phi) is 5.69. The summed E-state index contributed by atoms with van der Waals surface area (Å²) in [6.07, 6.45) is 1.89. The molecule has 1 aliphatic rings. The molecule has 0 saturated carbocycles. The van der Waals surface area contributed by atoms with Crippen molar-refractivity contribution in [3.63, 3.8) is 0 Å². The lowest BCUT2D eigenvalue weighted by atomic mass is 10.1. The highest BCUT2D eigenvalue weighted by Crippen LogP contribution is 2.32. The normalized spacial score (nSPS) is 18.2. The number of rotatable bonds is 6. The molecule has 0 spiro atoms. The summed E-state index contributed by atoms with van der Waals surface area (Å²) in [6, 6.07) is 4.18. The average Bonchev–Trinajstić information content (AvgIpc) is 2.43.